The smallest absolute Gasteiger partial charge is 0.187 e. The Morgan fingerprint density at radius 2 is 1.53 bits per heavy atom. The van der Waals surface area contributed by atoms with E-state index in [9.17, 15) is 18.6 Å². The fourth-order valence-corrected chi connectivity index (χ4v) is 3.41. The van der Waals surface area contributed by atoms with Crippen LogP contribution < -0.4 is 0 Å². The van der Waals surface area contributed by atoms with Gasteiger partial charge in [-0.25, -0.2) is 8.42 Å². The molecule has 100 valence electrons. The number of aliphatic hydroxyl groups excluding tert-OH is 1. The molecular weight excluding hydrogens is 264 g/mol. The molecule has 2 rings (SSSR count). The van der Waals surface area contributed by atoms with Crippen LogP contribution in [-0.2, 0) is 9.84 Å². The highest BCUT2D eigenvalue weighted by atomic mass is 32.2. The minimum absolute atomic E-state index is 0.000732. The molecule has 0 amide bonds. The normalized spacial score (nSPS) is 13.1. The zero-order chi connectivity index (χ0) is 13.9. The lowest BCUT2D eigenvalue weighted by atomic mass is 10.2. The summed E-state index contributed by atoms with van der Waals surface area (Å²) in [7, 11) is -3.68. The van der Waals surface area contributed by atoms with Crippen molar-refractivity contribution < 1.29 is 18.6 Å². The summed E-state index contributed by atoms with van der Waals surface area (Å²) in [4.78, 5) is 0.0770. The average molecular weight is 278 g/mol. The summed E-state index contributed by atoms with van der Waals surface area (Å²) in [5, 5.41) is 17.6. The molecular formula is C14H14O4S. The Bertz CT molecular complexity index is 633. The number of aliphatic hydroxyl groups is 1. The van der Waals surface area contributed by atoms with Crippen LogP contribution in [0.5, 0.6) is 5.75 Å². The second-order valence-corrected chi connectivity index (χ2v) is 6.25. The monoisotopic (exact) mass is 278 g/mol. The Labute approximate surface area is 111 Å². The Balaban J connectivity index is 2.45. The average Bonchev–Trinajstić information content (AvgIpc) is 2.41. The number of aromatic hydroxyl groups is 1. The van der Waals surface area contributed by atoms with Gasteiger partial charge in [0.1, 0.15) is 11.0 Å². The Morgan fingerprint density at radius 3 is 2.05 bits per heavy atom. The molecule has 5 heteroatoms. The minimum atomic E-state index is -3.68. The number of sulfone groups is 1. The van der Waals surface area contributed by atoms with Gasteiger partial charge in [-0.05, 0) is 29.8 Å². The largest absolute Gasteiger partial charge is 0.508 e. The summed E-state index contributed by atoms with van der Waals surface area (Å²) in [6, 6.07) is 13.8. The zero-order valence-electron chi connectivity index (χ0n) is 10.1. The molecule has 4 nitrogen and oxygen atoms in total. The van der Waals surface area contributed by atoms with Crippen molar-refractivity contribution in [2.45, 2.75) is 10.1 Å². The van der Waals surface area contributed by atoms with Gasteiger partial charge in [-0.2, -0.15) is 0 Å². The van der Waals surface area contributed by atoms with E-state index in [-0.39, 0.29) is 10.6 Å². The van der Waals surface area contributed by atoms with Crippen molar-refractivity contribution in [2.75, 3.05) is 6.61 Å². The summed E-state index contributed by atoms with van der Waals surface area (Å²) < 4.78 is 24.9. The van der Waals surface area contributed by atoms with Crippen LogP contribution in [0.3, 0.4) is 0 Å². The van der Waals surface area contributed by atoms with Crippen LogP contribution in [-0.4, -0.2) is 25.2 Å². The third-order valence-electron chi connectivity index (χ3n) is 2.88. The number of benzene rings is 2. The topological polar surface area (TPSA) is 74.6 Å². The van der Waals surface area contributed by atoms with Crippen molar-refractivity contribution in [3.8, 4) is 5.75 Å². The lowest BCUT2D eigenvalue weighted by molar-refractivity contribution is 0.291. The van der Waals surface area contributed by atoms with E-state index in [2.05, 4.69) is 0 Å². The SMILES string of the molecule is O=S(=O)(c1ccc(O)cc1)C(CO)c1ccccc1. The summed E-state index contributed by atoms with van der Waals surface area (Å²) in [6.07, 6.45) is 0. The summed E-state index contributed by atoms with van der Waals surface area (Å²) in [5.74, 6) is -0.000732. The van der Waals surface area contributed by atoms with Gasteiger partial charge in [0.2, 0.25) is 0 Å². The molecule has 0 aliphatic rings. The van der Waals surface area contributed by atoms with Crippen LogP contribution in [0.4, 0.5) is 0 Å². The number of phenolic OH excluding ortho intramolecular Hbond substituents is 1. The summed E-state index contributed by atoms with van der Waals surface area (Å²) >= 11 is 0. The highest BCUT2D eigenvalue weighted by Gasteiger charge is 2.28. The first-order chi connectivity index (χ1) is 9.05. The van der Waals surface area contributed by atoms with E-state index >= 15 is 0 Å². The lowest BCUT2D eigenvalue weighted by Gasteiger charge is -2.15. The lowest BCUT2D eigenvalue weighted by Crippen LogP contribution is -2.17. The van der Waals surface area contributed by atoms with Gasteiger partial charge >= 0.3 is 0 Å². The van der Waals surface area contributed by atoms with E-state index in [0.29, 0.717) is 5.56 Å². The molecule has 0 spiro atoms. The van der Waals surface area contributed by atoms with Gasteiger partial charge in [0.05, 0.1) is 11.5 Å². The molecule has 0 fully saturated rings. The highest BCUT2D eigenvalue weighted by Crippen LogP contribution is 2.29. The fraction of sp³-hybridized carbons (Fsp3) is 0.143. The number of hydrogen-bond acceptors (Lipinski definition) is 4. The molecule has 0 radical (unpaired) electrons. The van der Waals surface area contributed by atoms with Gasteiger partial charge in [0.15, 0.2) is 9.84 Å². The van der Waals surface area contributed by atoms with Gasteiger partial charge in [-0.1, -0.05) is 30.3 Å². The summed E-state index contributed by atoms with van der Waals surface area (Å²) in [6.45, 7) is -0.493. The van der Waals surface area contributed by atoms with Crippen molar-refractivity contribution in [2.24, 2.45) is 0 Å². The van der Waals surface area contributed by atoms with Gasteiger partial charge in [0.25, 0.3) is 0 Å². The first-order valence-electron chi connectivity index (χ1n) is 5.74. The third kappa shape index (κ3) is 2.77. The van der Waals surface area contributed by atoms with E-state index < -0.39 is 21.7 Å². The van der Waals surface area contributed by atoms with Crippen LogP contribution in [0.25, 0.3) is 0 Å². The maximum Gasteiger partial charge on any atom is 0.187 e. The van der Waals surface area contributed by atoms with Crippen molar-refractivity contribution in [1.29, 1.82) is 0 Å². The fourth-order valence-electron chi connectivity index (χ4n) is 1.85. The van der Waals surface area contributed by atoms with Crippen molar-refractivity contribution >= 4 is 9.84 Å². The highest BCUT2D eigenvalue weighted by molar-refractivity contribution is 7.91. The zero-order valence-corrected chi connectivity index (χ0v) is 10.9. The molecule has 0 aliphatic carbocycles. The van der Waals surface area contributed by atoms with Crippen LogP contribution in [0, 0.1) is 0 Å². The van der Waals surface area contributed by atoms with E-state index in [0.717, 1.165) is 0 Å². The Hall–Kier alpha value is -1.85. The molecule has 1 atom stereocenters. The maximum absolute atomic E-state index is 12.4. The van der Waals surface area contributed by atoms with Crippen LogP contribution in [0.2, 0.25) is 0 Å². The van der Waals surface area contributed by atoms with E-state index in [4.69, 9.17) is 0 Å². The molecule has 2 aromatic carbocycles. The van der Waals surface area contributed by atoms with E-state index in [1.54, 1.807) is 30.3 Å². The predicted molar refractivity (Wildman–Crippen MR) is 71.6 cm³/mol. The predicted octanol–water partition coefficient (Wildman–Crippen LogP) is 1.90. The van der Waals surface area contributed by atoms with Crippen LogP contribution in [0.1, 0.15) is 10.8 Å². The molecule has 0 saturated carbocycles. The number of rotatable bonds is 4. The number of phenols is 1. The minimum Gasteiger partial charge on any atom is -0.508 e. The molecule has 19 heavy (non-hydrogen) atoms. The van der Waals surface area contributed by atoms with Gasteiger partial charge < -0.3 is 10.2 Å². The molecule has 0 aromatic heterocycles. The first-order valence-corrected chi connectivity index (χ1v) is 7.29. The molecule has 0 aliphatic heterocycles. The standard InChI is InChI=1S/C14H14O4S/c15-10-14(11-4-2-1-3-5-11)19(17,18)13-8-6-12(16)7-9-13/h1-9,14-16H,10H2. The van der Waals surface area contributed by atoms with E-state index in [1.165, 1.54) is 24.3 Å². The third-order valence-corrected chi connectivity index (χ3v) is 4.98. The van der Waals surface area contributed by atoms with Crippen LogP contribution in [0.15, 0.2) is 59.5 Å². The van der Waals surface area contributed by atoms with Crippen LogP contribution >= 0.6 is 0 Å². The van der Waals surface area contributed by atoms with Crippen molar-refractivity contribution in [1.82, 2.24) is 0 Å². The molecule has 0 bridgehead atoms. The quantitative estimate of drug-likeness (QED) is 0.895. The second-order valence-electron chi connectivity index (χ2n) is 4.12. The van der Waals surface area contributed by atoms with Gasteiger partial charge in [-0.3, -0.25) is 0 Å². The molecule has 0 heterocycles. The molecule has 2 N–H and O–H groups in total. The molecule has 0 saturated heterocycles. The van der Waals surface area contributed by atoms with Crippen molar-refractivity contribution in [3.05, 3.63) is 60.2 Å². The van der Waals surface area contributed by atoms with Gasteiger partial charge in [0, 0.05) is 0 Å². The molecule has 1 unspecified atom stereocenters. The van der Waals surface area contributed by atoms with Gasteiger partial charge in [-0.15, -0.1) is 0 Å². The Kier molecular flexibility index (Phi) is 3.87. The van der Waals surface area contributed by atoms with Crippen molar-refractivity contribution in [3.63, 3.8) is 0 Å². The summed E-state index contributed by atoms with van der Waals surface area (Å²) in [5.41, 5.74) is 0.540. The Morgan fingerprint density at radius 1 is 0.947 bits per heavy atom. The van der Waals surface area contributed by atoms with E-state index in [1.807, 2.05) is 0 Å². The number of hydrogen-bond donors (Lipinski definition) is 2. The second kappa shape index (κ2) is 5.42. The molecule has 2 aromatic rings. The maximum atomic E-state index is 12.4. The first kappa shape index (κ1) is 13.6.